The maximum Gasteiger partial charge on any atom is 0.344 e. The molecule has 4 rings (SSSR count). The largest absolute Gasteiger partial charge is 0.344 e. The first-order chi connectivity index (χ1) is 14.9. The Morgan fingerprint density at radius 2 is 1.94 bits per heavy atom. The van der Waals surface area contributed by atoms with Crippen molar-refractivity contribution in [2.75, 3.05) is 5.75 Å². The number of thioether (sulfide) groups is 1. The molecule has 0 spiro atoms. The number of imide groups is 1. The van der Waals surface area contributed by atoms with E-state index in [0.29, 0.717) is 10.7 Å². The van der Waals surface area contributed by atoms with Crippen LogP contribution in [0.15, 0.2) is 72.1 Å². The molecule has 3 aromatic rings. The number of hydrogen-bond donors (Lipinski definition) is 2. The summed E-state index contributed by atoms with van der Waals surface area (Å²) in [6, 6.07) is 16.2. The Morgan fingerprint density at radius 3 is 2.68 bits per heavy atom. The van der Waals surface area contributed by atoms with Gasteiger partial charge < -0.3 is 5.32 Å². The van der Waals surface area contributed by atoms with Crippen molar-refractivity contribution in [2.24, 2.45) is 0 Å². The van der Waals surface area contributed by atoms with E-state index in [1.54, 1.807) is 37.4 Å². The molecule has 4 amide bonds. The molecule has 0 radical (unpaired) electrons. The number of urea groups is 1. The Kier molecular flexibility index (Phi) is 5.51. The normalized spacial score (nSPS) is 18.2. The highest BCUT2D eigenvalue weighted by Gasteiger charge is 2.49. The third-order valence-corrected chi connectivity index (χ3v) is 5.96. The Balaban J connectivity index is 1.42. The Bertz CT molecular complexity index is 1150. The van der Waals surface area contributed by atoms with Crippen LogP contribution < -0.4 is 10.7 Å². The van der Waals surface area contributed by atoms with Gasteiger partial charge >= 0.3 is 6.03 Å². The molecule has 2 N–H and O–H groups in total. The van der Waals surface area contributed by atoms with Gasteiger partial charge in [0.15, 0.2) is 5.16 Å². The highest BCUT2D eigenvalue weighted by Crippen LogP contribution is 2.28. The molecule has 8 nitrogen and oxygen atoms in total. The molecule has 1 unspecified atom stereocenters. The van der Waals surface area contributed by atoms with Gasteiger partial charge in [-0.2, -0.15) is 5.01 Å². The van der Waals surface area contributed by atoms with E-state index in [0.717, 1.165) is 16.3 Å². The second kappa shape index (κ2) is 8.27. The van der Waals surface area contributed by atoms with Crippen LogP contribution in [0.1, 0.15) is 18.1 Å². The zero-order chi connectivity index (χ0) is 22.0. The molecule has 1 aliphatic rings. The molecular weight excluding hydrogens is 414 g/mol. The first kappa shape index (κ1) is 20.7. The summed E-state index contributed by atoms with van der Waals surface area (Å²) >= 11 is 1.21. The summed E-state index contributed by atoms with van der Waals surface area (Å²) in [4.78, 5) is 42.0. The predicted molar refractivity (Wildman–Crippen MR) is 116 cm³/mol. The average molecular weight is 436 g/mol. The number of aromatic nitrogens is 2. The Hall–Kier alpha value is -3.59. The number of hydrazine groups is 1. The number of benzene rings is 2. The van der Waals surface area contributed by atoms with Crippen LogP contribution in [0, 0.1) is 6.92 Å². The highest BCUT2D eigenvalue weighted by atomic mass is 32.2. The number of carbonyl (C=O) groups is 3. The van der Waals surface area contributed by atoms with Gasteiger partial charge in [-0.15, -0.1) is 0 Å². The number of rotatable bonds is 6. The quantitative estimate of drug-likeness (QED) is 0.459. The predicted octanol–water partition coefficient (Wildman–Crippen LogP) is 2.77. The number of amides is 4. The molecule has 1 fully saturated rings. The lowest BCUT2D eigenvalue weighted by Gasteiger charge is -2.22. The van der Waals surface area contributed by atoms with Crippen LogP contribution in [0.25, 0.3) is 5.69 Å². The summed E-state index contributed by atoms with van der Waals surface area (Å²) in [5, 5.41) is 4.03. The molecule has 2 heterocycles. The molecule has 0 aliphatic carbocycles. The van der Waals surface area contributed by atoms with Gasteiger partial charge in [0.05, 0.1) is 5.75 Å². The third-order valence-electron chi connectivity index (χ3n) is 5.00. The molecule has 9 heteroatoms. The van der Waals surface area contributed by atoms with Crippen LogP contribution in [-0.2, 0) is 15.1 Å². The number of hydrogen-bond acceptors (Lipinski definition) is 5. The smallest absolute Gasteiger partial charge is 0.318 e. The van der Waals surface area contributed by atoms with Gasteiger partial charge in [0, 0.05) is 18.1 Å². The van der Waals surface area contributed by atoms with E-state index >= 15 is 0 Å². The standard InChI is InChI=1S/C22H21N5O3S/c1-15-7-6-10-17(13-15)26-12-11-23-21(26)31-14-18(28)25-27-19(29)22(2,24-20(27)30)16-8-4-3-5-9-16/h3-13H,14H2,1-2H3,(H,24,30)(H,25,28). The van der Waals surface area contributed by atoms with Crippen LogP contribution >= 0.6 is 11.8 Å². The second-order valence-corrected chi connectivity index (χ2v) is 8.25. The van der Waals surface area contributed by atoms with Crippen LogP contribution in [0.5, 0.6) is 0 Å². The van der Waals surface area contributed by atoms with E-state index in [2.05, 4.69) is 15.7 Å². The van der Waals surface area contributed by atoms with E-state index in [-0.39, 0.29) is 5.75 Å². The average Bonchev–Trinajstić information content (AvgIpc) is 3.32. The summed E-state index contributed by atoms with van der Waals surface area (Å²) in [7, 11) is 0. The molecule has 2 aromatic carbocycles. The molecule has 31 heavy (non-hydrogen) atoms. The van der Waals surface area contributed by atoms with Crippen molar-refractivity contribution in [2.45, 2.75) is 24.5 Å². The van der Waals surface area contributed by atoms with Crippen molar-refractivity contribution in [3.8, 4) is 5.69 Å². The fourth-order valence-electron chi connectivity index (χ4n) is 3.37. The summed E-state index contributed by atoms with van der Waals surface area (Å²) < 4.78 is 1.88. The van der Waals surface area contributed by atoms with Gasteiger partial charge in [0.1, 0.15) is 5.54 Å². The van der Waals surface area contributed by atoms with E-state index in [9.17, 15) is 14.4 Å². The first-order valence-electron chi connectivity index (χ1n) is 9.63. The molecule has 1 aliphatic heterocycles. The monoisotopic (exact) mass is 435 g/mol. The molecule has 1 aromatic heterocycles. The molecule has 0 saturated carbocycles. The maximum atomic E-state index is 12.9. The van der Waals surface area contributed by atoms with E-state index in [1.165, 1.54) is 11.8 Å². The number of nitrogens with one attached hydrogen (secondary N) is 2. The van der Waals surface area contributed by atoms with E-state index < -0.39 is 23.4 Å². The van der Waals surface area contributed by atoms with Crippen LogP contribution in [0.3, 0.4) is 0 Å². The second-order valence-electron chi connectivity index (χ2n) is 7.30. The topological polar surface area (TPSA) is 96.3 Å². The number of aryl methyl sites for hydroxylation is 1. The molecule has 158 valence electrons. The van der Waals surface area contributed by atoms with Crippen molar-refractivity contribution in [3.05, 3.63) is 78.1 Å². The van der Waals surface area contributed by atoms with Crippen LogP contribution in [0.4, 0.5) is 4.79 Å². The van der Waals surface area contributed by atoms with E-state index in [4.69, 9.17) is 0 Å². The lowest BCUT2D eigenvalue weighted by molar-refractivity contribution is -0.138. The first-order valence-corrected chi connectivity index (χ1v) is 10.6. The molecule has 0 bridgehead atoms. The minimum absolute atomic E-state index is 0.0120. The third kappa shape index (κ3) is 4.04. The van der Waals surface area contributed by atoms with Crippen molar-refractivity contribution < 1.29 is 14.4 Å². The maximum absolute atomic E-state index is 12.9. The number of nitrogens with zero attached hydrogens (tertiary/aromatic N) is 3. The summed E-state index contributed by atoms with van der Waals surface area (Å²) in [6.07, 6.45) is 3.48. The van der Waals surface area contributed by atoms with Gasteiger partial charge in [-0.25, -0.2) is 9.78 Å². The Labute approximate surface area is 183 Å². The molecular formula is C22H21N5O3S. The minimum atomic E-state index is -1.24. The van der Waals surface area contributed by atoms with Crippen LogP contribution in [-0.4, -0.2) is 38.2 Å². The van der Waals surface area contributed by atoms with Gasteiger partial charge in [0.25, 0.3) is 5.91 Å². The Morgan fingerprint density at radius 1 is 1.16 bits per heavy atom. The number of imidazole rings is 1. The van der Waals surface area contributed by atoms with Gasteiger partial charge in [-0.05, 0) is 37.1 Å². The van der Waals surface area contributed by atoms with Gasteiger partial charge in [0.2, 0.25) is 5.91 Å². The lowest BCUT2D eigenvalue weighted by Crippen LogP contribution is -2.48. The van der Waals surface area contributed by atoms with Crippen molar-refractivity contribution in [3.63, 3.8) is 0 Å². The van der Waals surface area contributed by atoms with Crippen molar-refractivity contribution >= 4 is 29.6 Å². The SMILES string of the molecule is Cc1cccc(-n2ccnc2SCC(=O)NN2C(=O)NC(C)(c3ccccc3)C2=O)c1. The fraction of sp³-hybridized carbons (Fsp3) is 0.182. The molecule has 1 atom stereocenters. The number of carbonyl (C=O) groups excluding carboxylic acids is 3. The summed E-state index contributed by atoms with van der Waals surface area (Å²) in [5.41, 5.74) is 3.86. The van der Waals surface area contributed by atoms with Crippen molar-refractivity contribution in [1.29, 1.82) is 0 Å². The van der Waals surface area contributed by atoms with E-state index in [1.807, 2.05) is 48.0 Å². The fourth-order valence-corrected chi connectivity index (χ4v) is 4.13. The van der Waals surface area contributed by atoms with Gasteiger partial charge in [-0.1, -0.05) is 54.2 Å². The zero-order valence-corrected chi connectivity index (χ0v) is 17.8. The zero-order valence-electron chi connectivity index (χ0n) is 17.0. The summed E-state index contributed by atoms with van der Waals surface area (Å²) in [5.74, 6) is -1.03. The summed E-state index contributed by atoms with van der Waals surface area (Å²) in [6.45, 7) is 3.62. The van der Waals surface area contributed by atoms with Gasteiger partial charge in [-0.3, -0.25) is 19.6 Å². The van der Waals surface area contributed by atoms with Crippen LogP contribution in [0.2, 0.25) is 0 Å². The molecule has 1 saturated heterocycles. The highest BCUT2D eigenvalue weighted by molar-refractivity contribution is 7.99. The minimum Gasteiger partial charge on any atom is -0.318 e. The van der Waals surface area contributed by atoms with Crippen molar-refractivity contribution in [1.82, 2.24) is 25.3 Å². The lowest BCUT2D eigenvalue weighted by atomic mass is 9.92.